The summed E-state index contributed by atoms with van der Waals surface area (Å²) in [4.78, 5) is 46.0. The lowest BCUT2D eigenvalue weighted by Gasteiger charge is -2.13. The molecule has 0 aromatic heterocycles. The molecule has 0 unspecified atom stereocenters. The Morgan fingerprint density at radius 2 is 1.80 bits per heavy atom. The van der Waals surface area contributed by atoms with Crippen LogP contribution in [0.3, 0.4) is 0 Å². The van der Waals surface area contributed by atoms with Gasteiger partial charge in [-0.05, 0) is 42.8 Å². The van der Waals surface area contributed by atoms with E-state index in [4.69, 9.17) is 9.47 Å². The maximum Gasteiger partial charge on any atom is 0.416 e. The quantitative estimate of drug-likeness (QED) is 0.236. The minimum Gasteiger partial charge on any atom is -0.497 e. The summed E-state index contributed by atoms with van der Waals surface area (Å²) in [5, 5.41) is 15.4. The van der Waals surface area contributed by atoms with Gasteiger partial charge in [0.15, 0.2) is 6.61 Å². The number of nitro benzene ring substituents is 1. The highest BCUT2D eigenvalue weighted by Crippen LogP contribution is 2.34. The molecule has 0 radical (unpaired) electrons. The number of amides is 2. The summed E-state index contributed by atoms with van der Waals surface area (Å²) in [7, 11) is 1.51. The van der Waals surface area contributed by atoms with Crippen LogP contribution >= 0.6 is 0 Å². The number of esters is 1. The molecular weight excluding hydrogens is 475 g/mol. The van der Waals surface area contributed by atoms with Crippen molar-refractivity contribution in [1.29, 1.82) is 0 Å². The molecule has 0 aliphatic heterocycles. The molecule has 2 rings (SSSR count). The van der Waals surface area contributed by atoms with Gasteiger partial charge in [-0.3, -0.25) is 19.7 Å². The number of anilines is 1. The van der Waals surface area contributed by atoms with Crippen molar-refractivity contribution in [3.8, 4) is 5.75 Å². The van der Waals surface area contributed by atoms with E-state index in [0.717, 1.165) is 6.07 Å². The van der Waals surface area contributed by atoms with Crippen LogP contribution in [0.25, 0.3) is 6.08 Å². The molecule has 0 bridgehead atoms. The number of carbonyl (C=O) groups is 3. The second kappa shape index (κ2) is 11.6. The summed E-state index contributed by atoms with van der Waals surface area (Å²) in [6.07, 6.45) is -2.13. The molecule has 0 spiro atoms. The van der Waals surface area contributed by atoms with Crippen molar-refractivity contribution >= 4 is 35.2 Å². The number of hydrogen-bond donors (Lipinski definition) is 2. The molecule has 0 aliphatic carbocycles. The Balaban J connectivity index is 1.88. The van der Waals surface area contributed by atoms with Crippen molar-refractivity contribution in [3.63, 3.8) is 0 Å². The van der Waals surface area contributed by atoms with Crippen LogP contribution in [-0.4, -0.2) is 42.5 Å². The Labute approximate surface area is 196 Å². The summed E-state index contributed by atoms with van der Waals surface area (Å²) in [5.41, 5.74) is -2.05. The maximum absolute atomic E-state index is 12.8. The lowest BCUT2D eigenvalue weighted by Crippen LogP contribution is -2.39. The molecular formula is C22H20F3N3O7. The second-order valence-corrected chi connectivity index (χ2v) is 6.98. The summed E-state index contributed by atoms with van der Waals surface area (Å²) in [6.45, 7) is 0.416. The zero-order valence-corrected chi connectivity index (χ0v) is 18.4. The van der Waals surface area contributed by atoms with Crippen molar-refractivity contribution < 1.29 is 42.0 Å². The Morgan fingerprint density at radius 3 is 2.37 bits per heavy atom. The van der Waals surface area contributed by atoms with Gasteiger partial charge in [0, 0.05) is 12.1 Å². The van der Waals surface area contributed by atoms with Gasteiger partial charge in [0.1, 0.15) is 17.5 Å². The molecule has 2 aromatic carbocycles. The van der Waals surface area contributed by atoms with E-state index in [9.17, 15) is 37.7 Å². The predicted molar refractivity (Wildman–Crippen MR) is 117 cm³/mol. The van der Waals surface area contributed by atoms with E-state index in [-0.39, 0.29) is 6.07 Å². The van der Waals surface area contributed by atoms with E-state index in [1.165, 1.54) is 26.2 Å². The second-order valence-electron chi connectivity index (χ2n) is 6.98. The van der Waals surface area contributed by atoms with Gasteiger partial charge < -0.3 is 20.1 Å². The van der Waals surface area contributed by atoms with Crippen LogP contribution in [0.5, 0.6) is 5.75 Å². The Bertz CT molecular complexity index is 1130. The van der Waals surface area contributed by atoms with Crippen LogP contribution in [0.4, 0.5) is 24.5 Å². The van der Waals surface area contributed by atoms with Gasteiger partial charge in [0.2, 0.25) is 5.91 Å². The highest BCUT2D eigenvalue weighted by Gasteiger charge is 2.33. The summed E-state index contributed by atoms with van der Waals surface area (Å²) in [6, 6.07) is 7.23. The number of halogens is 3. The third-order valence-electron chi connectivity index (χ3n) is 4.40. The monoisotopic (exact) mass is 495 g/mol. The highest BCUT2D eigenvalue weighted by molar-refractivity contribution is 5.96. The van der Waals surface area contributed by atoms with E-state index in [0.29, 0.717) is 17.4 Å². The van der Waals surface area contributed by atoms with Gasteiger partial charge in [-0.25, -0.2) is 4.79 Å². The zero-order valence-electron chi connectivity index (χ0n) is 18.4. The first-order valence-electron chi connectivity index (χ1n) is 9.85. The third-order valence-corrected chi connectivity index (χ3v) is 4.40. The predicted octanol–water partition coefficient (Wildman–Crippen LogP) is 3.32. The fourth-order valence-corrected chi connectivity index (χ4v) is 2.62. The first-order chi connectivity index (χ1) is 16.4. The molecule has 2 amide bonds. The van der Waals surface area contributed by atoms with E-state index in [2.05, 4.69) is 5.32 Å². The van der Waals surface area contributed by atoms with Crippen LogP contribution in [-0.2, 0) is 25.3 Å². The number of ether oxygens (including phenoxy) is 2. The summed E-state index contributed by atoms with van der Waals surface area (Å²) < 4.78 is 48.1. The van der Waals surface area contributed by atoms with E-state index in [1.54, 1.807) is 24.3 Å². The van der Waals surface area contributed by atoms with E-state index >= 15 is 0 Å². The first-order valence-corrected chi connectivity index (χ1v) is 9.85. The third kappa shape index (κ3) is 8.14. The molecule has 35 heavy (non-hydrogen) atoms. The van der Waals surface area contributed by atoms with Crippen molar-refractivity contribution in [1.82, 2.24) is 5.32 Å². The number of nitrogens with one attached hydrogen (secondary N) is 2. The van der Waals surface area contributed by atoms with Crippen LogP contribution in [0.2, 0.25) is 0 Å². The van der Waals surface area contributed by atoms with Crippen LogP contribution < -0.4 is 15.4 Å². The van der Waals surface area contributed by atoms with Crippen LogP contribution in [0.1, 0.15) is 18.1 Å². The normalized spacial score (nSPS) is 12.0. The van der Waals surface area contributed by atoms with Gasteiger partial charge in [-0.1, -0.05) is 12.1 Å². The van der Waals surface area contributed by atoms with E-state index in [1.807, 2.05) is 5.32 Å². The molecule has 13 heteroatoms. The number of methoxy groups -OCH3 is 1. The number of nitrogens with zero attached hydrogens (tertiary/aromatic N) is 1. The maximum atomic E-state index is 12.8. The topological polar surface area (TPSA) is 137 Å². The fourth-order valence-electron chi connectivity index (χ4n) is 2.62. The van der Waals surface area contributed by atoms with E-state index < -0.39 is 58.5 Å². The Morgan fingerprint density at radius 1 is 1.14 bits per heavy atom. The minimum atomic E-state index is -4.81. The Kier molecular flexibility index (Phi) is 8.91. The molecule has 2 aromatic rings. The SMILES string of the molecule is COc1ccc(/C=C/C(=O)N[C@H](C)C(=O)OCC(=O)Nc2ccc(C(F)(F)F)cc2[N+](=O)[O-])cc1. The largest absolute Gasteiger partial charge is 0.497 e. The molecule has 0 saturated heterocycles. The van der Waals surface area contributed by atoms with Gasteiger partial charge in [-0.15, -0.1) is 0 Å². The standard InChI is InChI=1S/C22H20F3N3O7/c1-13(26-19(29)10-5-14-3-7-16(34-2)8-4-14)21(31)35-12-20(30)27-17-9-6-15(22(23,24)25)11-18(17)28(32)33/h3-11,13H,12H2,1-2H3,(H,26,29)(H,27,30)/b10-5+/t13-/m1/s1. The van der Waals surface area contributed by atoms with Gasteiger partial charge in [0.05, 0.1) is 17.6 Å². The van der Waals surface area contributed by atoms with Crippen LogP contribution in [0.15, 0.2) is 48.5 Å². The summed E-state index contributed by atoms with van der Waals surface area (Å²) in [5.74, 6) is -1.98. The van der Waals surface area contributed by atoms with Gasteiger partial charge in [-0.2, -0.15) is 13.2 Å². The Hall–Kier alpha value is -4.42. The number of nitro groups is 1. The van der Waals surface area contributed by atoms with Crippen molar-refractivity contribution in [2.45, 2.75) is 19.1 Å². The number of hydrogen-bond acceptors (Lipinski definition) is 7. The number of rotatable bonds is 9. The number of alkyl halides is 3. The molecule has 10 nitrogen and oxygen atoms in total. The molecule has 1 atom stereocenters. The lowest BCUT2D eigenvalue weighted by atomic mass is 10.1. The lowest BCUT2D eigenvalue weighted by molar-refractivity contribution is -0.384. The van der Waals surface area contributed by atoms with Crippen LogP contribution in [0, 0.1) is 10.1 Å². The molecule has 2 N–H and O–H groups in total. The van der Waals surface area contributed by atoms with Gasteiger partial charge in [0.25, 0.3) is 11.6 Å². The van der Waals surface area contributed by atoms with Crippen molar-refractivity contribution in [3.05, 3.63) is 69.8 Å². The molecule has 0 fully saturated rings. The first kappa shape index (κ1) is 26.8. The molecule has 0 aliphatic rings. The average molecular weight is 495 g/mol. The smallest absolute Gasteiger partial charge is 0.416 e. The number of carbonyl (C=O) groups excluding carboxylic acids is 3. The number of benzene rings is 2. The van der Waals surface area contributed by atoms with Crippen molar-refractivity contribution in [2.75, 3.05) is 19.0 Å². The van der Waals surface area contributed by atoms with Gasteiger partial charge >= 0.3 is 12.1 Å². The highest BCUT2D eigenvalue weighted by atomic mass is 19.4. The zero-order chi connectivity index (χ0) is 26.2. The van der Waals surface area contributed by atoms with Crippen molar-refractivity contribution in [2.24, 2.45) is 0 Å². The molecule has 0 heterocycles. The minimum absolute atomic E-state index is 0.276. The fraction of sp³-hybridized carbons (Fsp3) is 0.227. The molecule has 0 saturated carbocycles. The molecule has 186 valence electrons. The summed E-state index contributed by atoms with van der Waals surface area (Å²) >= 11 is 0. The average Bonchev–Trinajstić information content (AvgIpc) is 2.80.